The number of aromatic nitrogens is 2. The van der Waals surface area contributed by atoms with Crippen LogP contribution >= 0.6 is 11.6 Å². The van der Waals surface area contributed by atoms with E-state index in [4.69, 9.17) is 16.6 Å². The van der Waals surface area contributed by atoms with Gasteiger partial charge in [-0.25, -0.2) is 9.97 Å². The van der Waals surface area contributed by atoms with E-state index in [-0.39, 0.29) is 0 Å². The van der Waals surface area contributed by atoms with Crippen molar-refractivity contribution in [3.8, 4) is 0 Å². The lowest BCUT2D eigenvalue weighted by molar-refractivity contribution is 0.667. The van der Waals surface area contributed by atoms with E-state index < -0.39 is 0 Å². The summed E-state index contributed by atoms with van der Waals surface area (Å²) in [6.45, 7) is 5.18. The maximum Gasteiger partial charge on any atom is 0.135 e. The van der Waals surface area contributed by atoms with Gasteiger partial charge in [0.1, 0.15) is 16.8 Å². The second-order valence-electron chi connectivity index (χ2n) is 5.89. The van der Waals surface area contributed by atoms with Gasteiger partial charge in [-0.2, -0.15) is 0 Å². The van der Waals surface area contributed by atoms with Crippen molar-refractivity contribution in [2.75, 3.05) is 4.90 Å². The Morgan fingerprint density at radius 1 is 1.19 bits per heavy atom. The Morgan fingerprint density at radius 2 is 1.90 bits per heavy atom. The molecule has 0 spiro atoms. The summed E-state index contributed by atoms with van der Waals surface area (Å²) in [4.78, 5) is 11.4. The minimum Gasteiger partial charge on any atom is -0.350 e. The summed E-state index contributed by atoms with van der Waals surface area (Å²) in [7, 11) is 0. The van der Waals surface area contributed by atoms with Crippen molar-refractivity contribution in [1.29, 1.82) is 0 Å². The van der Waals surface area contributed by atoms with E-state index in [0.29, 0.717) is 17.1 Å². The summed E-state index contributed by atoms with van der Waals surface area (Å²) in [5, 5.41) is 0.542. The topological polar surface area (TPSA) is 29.0 Å². The third kappa shape index (κ3) is 3.53. The van der Waals surface area contributed by atoms with Crippen LogP contribution < -0.4 is 4.90 Å². The van der Waals surface area contributed by atoms with Gasteiger partial charge in [0.2, 0.25) is 0 Å². The van der Waals surface area contributed by atoms with Crippen molar-refractivity contribution in [2.24, 2.45) is 0 Å². The van der Waals surface area contributed by atoms with Crippen molar-refractivity contribution in [2.45, 2.75) is 45.2 Å². The van der Waals surface area contributed by atoms with Crippen LogP contribution in [0.25, 0.3) is 0 Å². The lowest BCUT2D eigenvalue weighted by Crippen LogP contribution is -2.31. The molecule has 4 heteroatoms. The molecule has 1 heterocycles. The van der Waals surface area contributed by atoms with E-state index in [0.717, 1.165) is 18.2 Å². The zero-order valence-electron chi connectivity index (χ0n) is 12.5. The number of benzene rings is 1. The largest absolute Gasteiger partial charge is 0.350 e. The van der Waals surface area contributed by atoms with E-state index in [1.807, 2.05) is 12.1 Å². The predicted molar refractivity (Wildman–Crippen MR) is 86.8 cm³/mol. The molecule has 0 unspecified atom stereocenters. The minimum absolute atomic E-state index is 0.350. The van der Waals surface area contributed by atoms with Crippen molar-refractivity contribution in [3.63, 3.8) is 0 Å². The molecule has 0 atom stereocenters. The highest BCUT2D eigenvalue weighted by atomic mass is 35.5. The van der Waals surface area contributed by atoms with E-state index in [9.17, 15) is 0 Å². The van der Waals surface area contributed by atoms with Crippen LogP contribution in [0.3, 0.4) is 0 Å². The first-order chi connectivity index (χ1) is 10.1. The maximum atomic E-state index is 6.20. The Hall–Kier alpha value is -1.61. The van der Waals surface area contributed by atoms with Crippen LogP contribution in [0.1, 0.15) is 44.0 Å². The molecule has 1 saturated carbocycles. The summed E-state index contributed by atoms with van der Waals surface area (Å²) in [5.74, 6) is 2.33. The van der Waals surface area contributed by atoms with Gasteiger partial charge in [0.25, 0.3) is 0 Å². The van der Waals surface area contributed by atoms with E-state index in [1.54, 1.807) is 0 Å². The van der Waals surface area contributed by atoms with Gasteiger partial charge in [0.15, 0.2) is 0 Å². The Balaban J connectivity index is 1.90. The molecule has 3 nitrogen and oxygen atoms in total. The van der Waals surface area contributed by atoms with Gasteiger partial charge in [-0.3, -0.25) is 0 Å². The maximum absolute atomic E-state index is 6.20. The van der Waals surface area contributed by atoms with Gasteiger partial charge < -0.3 is 4.90 Å². The first-order valence-electron chi connectivity index (χ1n) is 7.48. The van der Waals surface area contributed by atoms with Crippen LogP contribution in [0, 0.1) is 0 Å². The first-order valence-corrected chi connectivity index (χ1v) is 7.86. The minimum atomic E-state index is 0.350. The Morgan fingerprint density at radius 3 is 2.52 bits per heavy atom. The SMILES string of the molecule is CC(C)N(Cc1ccccc1)c1cc(Cl)nc(C2CC2)n1. The van der Waals surface area contributed by atoms with Gasteiger partial charge in [-0.1, -0.05) is 41.9 Å². The lowest BCUT2D eigenvalue weighted by atomic mass is 10.2. The fraction of sp³-hybridized carbons (Fsp3) is 0.412. The first kappa shape index (κ1) is 14.3. The normalized spacial score (nSPS) is 14.5. The molecular weight excluding hydrogens is 282 g/mol. The molecule has 1 aromatic carbocycles. The second kappa shape index (κ2) is 6.02. The summed E-state index contributed by atoms with van der Waals surface area (Å²) in [6, 6.07) is 12.7. The van der Waals surface area contributed by atoms with Crippen LogP contribution in [0.15, 0.2) is 36.4 Å². The molecule has 0 aliphatic heterocycles. The summed E-state index contributed by atoms with van der Waals surface area (Å²) in [5.41, 5.74) is 1.27. The molecule has 2 aromatic rings. The standard InChI is InChI=1S/C17H20ClN3/c1-12(2)21(11-13-6-4-3-5-7-13)16-10-15(18)19-17(20-16)14-8-9-14/h3-7,10,12,14H,8-9,11H2,1-2H3. The average Bonchev–Trinajstić information content (AvgIpc) is 3.29. The van der Waals surface area contributed by atoms with Gasteiger partial charge in [0.05, 0.1) is 0 Å². The molecule has 21 heavy (non-hydrogen) atoms. The highest BCUT2D eigenvalue weighted by molar-refractivity contribution is 6.29. The van der Waals surface area contributed by atoms with Crippen molar-refractivity contribution in [3.05, 3.63) is 52.9 Å². The van der Waals surface area contributed by atoms with E-state index >= 15 is 0 Å². The monoisotopic (exact) mass is 301 g/mol. The molecule has 1 aliphatic rings. The van der Waals surface area contributed by atoms with Crippen molar-refractivity contribution < 1.29 is 0 Å². The number of hydrogen-bond donors (Lipinski definition) is 0. The van der Waals surface area contributed by atoms with E-state index in [1.165, 1.54) is 18.4 Å². The number of anilines is 1. The van der Waals surface area contributed by atoms with Crippen LogP contribution in [0.4, 0.5) is 5.82 Å². The van der Waals surface area contributed by atoms with Crippen LogP contribution in [-0.2, 0) is 6.54 Å². The fourth-order valence-electron chi connectivity index (χ4n) is 2.40. The lowest BCUT2D eigenvalue weighted by Gasteiger charge is -2.28. The molecule has 1 fully saturated rings. The number of rotatable bonds is 5. The average molecular weight is 302 g/mol. The smallest absolute Gasteiger partial charge is 0.135 e. The van der Waals surface area contributed by atoms with Crippen LogP contribution in [0.2, 0.25) is 5.15 Å². The Kier molecular flexibility index (Phi) is 4.11. The van der Waals surface area contributed by atoms with E-state index in [2.05, 4.69) is 48.0 Å². The quantitative estimate of drug-likeness (QED) is 0.765. The van der Waals surface area contributed by atoms with Gasteiger partial charge >= 0.3 is 0 Å². The summed E-state index contributed by atoms with van der Waals surface area (Å²) >= 11 is 6.20. The molecule has 3 rings (SSSR count). The van der Waals surface area contributed by atoms with Gasteiger partial charge in [-0.05, 0) is 32.3 Å². The van der Waals surface area contributed by atoms with Crippen molar-refractivity contribution in [1.82, 2.24) is 9.97 Å². The zero-order chi connectivity index (χ0) is 14.8. The molecular formula is C17H20ClN3. The number of halogens is 1. The van der Waals surface area contributed by atoms with Crippen LogP contribution in [-0.4, -0.2) is 16.0 Å². The summed E-state index contributed by atoms with van der Waals surface area (Å²) < 4.78 is 0. The molecule has 1 aromatic heterocycles. The highest BCUT2D eigenvalue weighted by Crippen LogP contribution is 2.39. The molecule has 0 bridgehead atoms. The highest BCUT2D eigenvalue weighted by Gasteiger charge is 2.28. The van der Waals surface area contributed by atoms with Gasteiger partial charge in [-0.15, -0.1) is 0 Å². The molecule has 0 N–H and O–H groups in total. The number of nitrogens with zero attached hydrogens (tertiary/aromatic N) is 3. The number of hydrogen-bond acceptors (Lipinski definition) is 3. The second-order valence-corrected chi connectivity index (χ2v) is 6.28. The molecule has 0 radical (unpaired) electrons. The third-order valence-corrected chi connectivity index (χ3v) is 3.95. The Bertz CT molecular complexity index is 609. The Labute approximate surface area is 131 Å². The molecule has 1 aliphatic carbocycles. The molecule has 0 saturated heterocycles. The van der Waals surface area contributed by atoms with Crippen molar-refractivity contribution >= 4 is 17.4 Å². The zero-order valence-corrected chi connectivity index (χ0v) is 13.2. The third-order valence-electron chi connectivity index (χ3n) is 3.75. The predicted octanol–water partition coefficient (Wildman–Crippen LogP) is 4.42. The molecule has 0 amide bonds. The van der Waals surface area contributed by atoms with Gasteiger partial charge in [0, 0.05) is 24.6 Å². The van der Waals surface area contributed by atoms with Crippen LogP contribution in [0.5, 0.6) is 0 Å². The fourth-order valence-corrected chi connectivity index (χ4v) is 2.59. The molecule has 110 valence electrons. The summed E-state index contributed by atoms with van der Waals surface area (Å²) in [6.07, 6.45) is 2.36.